The van der Waals surface area contributed by atoms with Crippen molar-refractivity contribution in [2.45, 2.75) is 6.42 Å². The molecule has 44 valence electrons. The van der Waals surface area contributed by atoms with Crippen molar-refractivity contribution in [2.75, 3.05) is 6.54 Å². The van der Waals surface area contributed by atoms with Crippen LogP contribution in [0.3, 0.4) is 0 Å². The SMILES string of the molecule is [15NH2]CCc1c[nH]cn1. The smallest absolute Gasteiger partial charge is 0.0923 e. The van der Waals surface area contributed by atoms with E-state index in [-0.39, 0.29) is 0 Å². The average Bonchev–Trinajstić information content (AvgIpc) is 2.19. The van der Waals surface area contributed by atoms with Crippen LogP contribution in [0.5, 0.6) is 0 Å². The van der Waals surface area contributed by atoms with Gasteiger partial charge in [0.25, 0.3) is 0 Å². The summed E-state index contributed by atoms with van der Waals surface area (Å²) in [6.07, 6.45) is 4.38. The van der Waals surface area contributed by atoms with Crippen molar-refractivity contribution in [1.29, 1.82) is 0 Å². The predicted molar refractivity (Wildman–Crippen MR) is 31.3 cm³/mol. The summed E-state index contributed by atoms with van der Waals surface area (Å²) in [5, 5.41) is 0. The normalized spacial score (nSPS) is 9.62. The van der Waals surface area contributed by atoms with Crippen LogP contribution in [0.15, 0.2) is 12.5 Å². The fourth-order valence-corrected chi connectivity index (χ4v) is 0.576. The first-order valence-electron chi connectivity index (χ1n) is 2.61. The quantitative estimate of drug-likeness (QED) is 0.525. The highest BCUT2D eigenvalue weighted by Gasteiger charge is 1.87. The highest BCUT2D eigenvalue weighted by atomic mass is 15.3. The Morgan fingerprint density at radius 1 is 1.75 bits per heavy atom. The second kappa shape index (κ2) is 2.47. The number of hydrogen-bond acceptors (Lipinski definition) is 2. The van der Waals surface area contributed by atoms with Crippen LogP contribution in [0, 0.1) is 0 Å². The summed E-state index contributed by atoms with van der Waals surface area (Å²) in [7, 11) is 0. The summed E-state index contributed by atoms with van der Waals surface area (Å²) >= 11 is 0. The van der Waals surface area contributed by atoms with Gasteiger partial charge in [0, 0.05) is 12.6 Å². The van der Waals surface area contributed by atoms with Gasteiger partial charge in [-0.15, -0.1) is 0 Å². The van der Waals surface area contributed by atoms with Crippen LogP contribution in [-0.4, -0.2) is 16.5 Å². The van der Waals surface area contributed by atoms with E-state index in [2.05, 4.69) is 9.97 Å². The molecule has 3 nitrogen and oxygen atoms in total. The van der Waals surface area contributed by atoms with Crippen molar-refractivity contribution in [2.24, 2.45) is 5.73 Å². The molecule has 0 unspecified atom stereocenters. The van der Waals surface area contributed by atoms with Gasteiger partial charge in [0.2, 0.25) is 0 Å². The Bertz CT molecular complexity index is 133. The molecule has 0 aromatic carbocycles. The van der Waals surface area contributed by atoms with Gasteiger partial charge in [-0.2, -0.15) is 0 Å². The van der Waals surface area contributed by atoms with Gasteiger partial charge in [0.15, 0.2) is 0 Å². The standard InChI is InChI=1S/C5H9N3/c6-2-1-5-3-7-4-8-5/h3-4H,1-2,6H2,(H,7,8)/i6+1. The summed E-state index contributed by atoms with van der Waals surface area (Å²) in [5.41, 5.74) is 6.30. The van der Waals surface area contributed by atoms with Crippen molar-refractivity contribution in [3.63, 3.8) is 0 Å². The molecule has 0 amide bonds. The molecular formula is C5H9N3. The third-order valence-corrected chi connectivity index (χ3v) is 0.955. The van der Waals surface area contributed by atoms with Crippen LogP contribution < -0.4 is 5.73 Å². The van der Waals surface area contributed by atoms with E-state index in [0.29, 0.717) is 6.54 Å². The summed E-state index contributed by atoms with van der Waals surface area (Å²) in [4.78, 5) is 6.82. The number of aromatic amines is 1. The third kappa shape index (κ3) is 1.07. The molecule has 0 saturated heterocycles. The van der Waals surface area contributed by atoms with Crippen LogP contribution in [0.25, 0.3) is 0 Å². The fraction of sp³-hybridized carbons (Fsp3) is 0.400. The molecule has 0 fully saturated rings. The maximum atomic E-state index is 5.27. The van der Waals surface area contributed by atoms with Crippen LogP contribution in [0.4, 0.5) is 0 Å². The number of H-pyrrole nitrogens is 1. The molecule has 3 heteroatoms. The van der Waals surface area contributed by atoms with E-state index in [1.165, 1.54) is 0 Å². The van der Waals surface area contributed by atoms with Crippen molar-refractivity contribution in [3.05, 3.63) is 18.2 Å². The van der Waals surface area contributed by atoms with E-state index in [9.17, 15) is 0 Å². The zero-order valence-electron chi connectivity index (χ0n) is 4.59. The van der Waals surface area contributed by atoms with Gasteiger partial charge in [0.1, 0.15) is 0 Å². The number of nitrogens with two attached hydrogens (primary N) is 1. The lowest BCUT2D eigenvalue weighted by Crippen LogP contribution is -2.02. The monoisotopic (exact) mass is 112 g/mol. The number of aromatic nitrogens is 2. The van der Waals surface area contributed by atoms with Crippen LogP contribution in [0.1, 0.15) is 5.69 Å². The Kier molecular flexibility index (Phi) is 1.64. The second-order valence-electron chi connectivity index (χ2n) is 1.60. The maximum Gasteiger partial charge on any atom is 0.0923 e. The summed E-state index contributed by atoms with van der Waals surface area (Å²) in [5.74, 6) is 0. The molecule has 3 N–H and O–H groups in total. The molecular weight excluding hydrogens is 103 g/mol. The number of imidazole rings is 1. The van der Waals surface area contributed by atoms with Gasteiger partial charge in [-0.1, -0.05) is 0 Å². The minimum Gasteiger partial charge on any atom is -0.351 e. The Hall–Kier alpha value is -0.830. The third-order valence-electron chi connectivity index (χ3n) is 0.955. The molecule has 0 saturated carbocycles. The zero-order chi connectivity index (χ0) is 5.82. The minimum atomic E-state index is 0.671. The Morgan fingerprint density at radius 3 is 3.12 bits per heavy atom. The van der Waals surface area contributed by atoms with Crippen LogP contribution in [-0.2, 0) is 6.42 Å². The number of hydrogen-bond donors (Lipinski definition) is 2. The van der Waals surface area contributed by atoms with Gasteiger partial charge in [-0.3, -0.25) is 0 Å². The van der Waals surface area contributed by atoms with Crippen molar-refractivity contribution in [3.8, 4) is 0 Å². The fourth-order valence-electron chi connectivity index (χ4n) is 0.576. The lowest BCUT2D eigenvalue weighted by molar-refractivity contribution is 0.935. The van der Waals surface area contributed by atoms with Crippen molar-refractivity contribution < 1.29 is 0 Å². The van der Waals surface area contributed by atoms with Crippen molar-refractivity contribution >= 4 is 0 Å². The van der Waals surface area contributed by atoms with E-state index in [1.54, 1.807) is 6.33 Å². The molecule has 1 aromatic rings. The second-order valence-corrected chi connectivity index (χ2v) is 1.60. The van der Waals surface area contributed by atoms with Gasteiger partial charge in [0.05, 0.1) is 12.0 Å². The van der Waals surface area contributed by atoms with Crippen LogP contribution >= 0.6 is 0 Å². The van der Waals surface area contributed by atoms with Gasteiger partial charge < -0.3 is 10.7 Å². The molecule has 8 heavy (non-hydrogen) atoms. The van der Waals surface area contributed by atoms with Gasteiger partial charge in [-0.05, 0) is 6.54 Å². The molecule has 1 rings (SSSR count). The highest BCUT2D eigenvalue weighted by molar-refractivity contribution is 4.93. The Morgan fingerprint density at radius 2 is 2.62 bits per heavy atom. The van der Waals surface area contributed by atoms with Gasteiger partial charge >= 0.3 is 0 Å². The average molecular weight is 112 g/mol. The highest BCUT2D eigenvalue weighted by Crippen LogP contribution is 1.88. The molecule has 0 aliphatic carbocycles. The van der Waals surface area contributed by atoms with E-state index in [0.717, 1.165) is 12.1 Å². The topological polar surface area (TPSA) is 54.7 Å². The Labute approximate surface area is 47.9 Å². The molecule has 1 aromatic heterocycles. The molecule has 0 atom stereocenters. The van der Waals surface area contributed by atoms with Crippen LogP contribution in [0.2, 0.25) is 0 Å². The maximum absolute atomic E-state index is 5.27. The van der Waals surface area contributed by atoms with E-state index in [4.69, 9.17) is 5.73 Å². The van der Waals surface area contributed by atoms with E-state index in [1.807, 2.05) is 6.20 Å². The lowest BCUT2D eigenvalue weighted by atomic mass is 10.3. The number of nitrogens with zero attached hydrogens (tertiary/aromatic N) is 1. The Balaban J connectivity index is 2.50. The van der Waals surface area contributed by atoms with Crippen molar-refractivity contribution in [1.82, 2.24) is 9.97 Å². The molecule has 0 bridgehead atoms. The summed E-state index contributed by atoms with van der Waals surface area (Å²) < 4.78 is 0. The largest absolute Gasteiger partial charge is 0.351 e. The van der Waals surface area contributed by atoms with E-state index < -0.39 is 0 Å². The number of nitrogens with one attached hydrogen (secondary N) is 1. The zero-order valence-corrected chi connectivity index (χ0v) is 4.59. The molecule has 0 aliphatic rings. The first-order chi connectivity index (χ1) is 3.93. The summed E-state index contributed by atoms with van der Waals surface area (Å²) in [6.45, 7) is 0.671. The number of rotatable bonds is 2. The van der Waals surface area contributed by atoms with Gasteiger partial charge in [-0.25, -0.2) is 4.98 Å². The first kappa shape index (κ1) is 5.31. The first-order valence-corrected chi connectivity index (χ1v) is 2.61. The minimum absolute atomic E-state index is 0.671. The van der Waals surface area contributed by atoms with E-state index >= 15 is 0 Å². The lowest BCUT2D eigenvalue weighted by Gasteiger charge is -1.85. The molecule has 0 aliphatic heterocycles. The molecule has 0 spiro atoms. The predicted octanol–water partition coefficient (Wildman–Crippen LogP) is -0.0891. The molecule has 1 heterocycles. The summed E-state index contributed by atoms with van der Waals surface area (Å²) in [6, 6.07) is 0. The molecule has 0 radical (unpaired) electrons.